The van der Waals surface area contributed by atoms with Crippen LogP contribution in [0.2, 0.25) is 0 Å². The summed E-state index contributed by atoms with van der Waals surface area (Å²) < 4.78 is 5.40. The van der Waals surface area contributed by atoms with Crippen molar-refractivity contribution < 1.29 is 4.74 Å². The fraction of sp³-hybridized carbons (Fsp3) is 0.455. The number of benzene rings is 1. The van der Waals surface area contributed by atoms with Crippen LogP contribution in [0.4, 0.5) is 11.4 Å². The highest BCUT2D eigenvalue weighted by Gasteiger charge is 2.09. The summed E-state index contributed by atoms with van der Waals surface area (Å²) in [5, 5.41) is 0. The van der Waals surface area contributed by atoms with E-state index in [1.165, 1.54) is 5.69 Å². The number of anilines is 2. The molecule has 0 spiro atoms. The molecule has 0 aromatic heterocycles. The van der Waals surface area contributed by atoms with E-state index in [1.807, 2.05) is 18.2 Å². The minimum Gasteiger partial charge on any atom is -0.399 e. The fourth-order valence-electron chi connectivity index (χ4n) is 1.73. The Morgan fingerprint density at radius 2 is 2.14 bits per heavy atom. The third kappa shape index (κ3) is 2.17. The number of rotatable bonds is 1. The highest BCUT2D eigenvalue weighted by Crippen LogP contribution is 2.18. The smallest absolute Gasteiger partial charge is 0.0641 e. The van der Waals surface area contributed by atoms with E-state index in [9.17, 15) is 0 Å². The lowest BCUT2D eigenvalue weighted by Crippen LogP contribution is -2.25. The number of nitrogens with two attached hydrogens (primary N) is 1. The summed E-state index contributed by atoms with van der Waals surface area (Å²) in [6, 6.07) is 8.03. The Morgan fingerprint density at radius 3 is 3.00 bits per heavy atom. The zero-order chi connectivity index (χ0) is 9.80. The number of nitrogens with zero attached hydrogens (tertiary/aromatic N) is 1. The summed E-state index contributed by atoms with van der Waals surface area (Å²) in [4.78, 5) is 2.32. The Balaban J connectivity index is 2.12. The van der Waals surface area contributed by atoms with Crippen LogP contribution in [0.5, 0.6) is 0 Å². The molecule has 0 radical (unpaired) electrons. The minimum absolute atomic E-state index is 0.814. The summed E-state index contributed by atoms with van der Waals surface area (Å²) in [6.07, 6.45) is 1.09. The van der Waals surface area contributed by atoms with Gasteiger partial charge in [0.25, 0.3) is 0 Å². The van der Waals surface area contributed by atoms with Crippen LogP contribution in [0.25, 0.3) is 0 Å². The first-order valence-corrected chi connectivity index (χ1v) is 5.04. The topological polar surface area (TPSA) is 38.5 Å². The van der Waals surface area contributed by atoms with Crippen molar-refractivity contribution in [1.29, 1.82) is 0 Å². The molecule has 0 bridgehead atoms. The molecule has 14 heavy (non-hydrogen) atoms. The minimum atomic E-state index is 0.814. The fourth-order valence-corrected chi connectivity index (χ4v) is 1.73. The van der Waals surface area contributed by atoms with Crippen LogP contribution in [0.1, 0.15) is 6.42 Å². The Hall–Kier alpha value is -1.22. The van der Waals surface area contributed by atoms with Gasteiger partial charge in [0.2, 0.25) is 0 Å². The molecule has 0 unspecified atom stereocenters. The van der Waals surface area contributed by atoms with Gasteiger partial charge in [-0.2, -0.15) is 0 Å². The second-order valence-corrected chi connectivity index (χ2v) is 3.55. The van der Waals surface area contributed by atoms with E-state index >= 15 is 0 Å². The van der Waals surface area contributed by atoms with E-state index in [0.29, 0.717) is 0 Å². The first-order chi connectivity index (χ1) is 6.86. The van der Waals surface area contributed by atoms with E-state index in [2.05, 4.69) is 11.0 Å². The first-order valence-electron chi connectivity index (χ1n) is 5.04. The van der Waals surface area contributed by atoms with Gasteiger partial charge < -0.3 is 15.4 Å². The Kier molecular flexibility index (Phi) is 2.89. The van der Waals surface area contributed by atoms with Gasteiger partial charge in [0.15, 0.2) is 0 Å². The third-order valence-electron chi connectivity index (χ3n) is 2.46. The van der Waals surface area contributed by atoms with Crippen LogP contribution in [0.3, 0.4) is 0 Å². The number of nitrogen functional groups attached to an aromatic ring is 1. The standard InChI is InChI=1S/C11H16N2O/c12-10-3-1-4-11(9-10)13-5-2-7-14-8-6-13/h1,3-4,9H,2,5-8,12H2. The third-order valence-corrected chi connectivity index (χ3v) is 2.46. The second-order valence-electron chi connectivity index (χ2n) is 3.55. The molecule has 2 N–H and O–H groups in total. The molecule has 1 fully saturated rings. The van der Waals surface area contributed by atoms with E-state index in [-0.39, 0.29) is 0 Å². The van der Waals surface area contributed by atoms with Gasteiger partial charge in [0.05, 0.1) is 6.61 Å². The Labute approximate surface area is 84.5 Å². The summed E-state index contributed by atoms with van der Waals surface area (Å²) in [6.45, 7) is 3.71. The molecule has 76 valence electrons. The van der Waals surface area contributed by atoms with Gasteiger partial charge >= 0.3 is 0 Å². The molecular weight excluding hydrogens is 176 g/mol. The highest BCUT2D eigenvalue weighted by atomic mass is 16.5. The largest absolute Gasteiger partial charge is 0.399 e. The van der Waals surface area contributed by atoms with Crippen molar-refractivity contribution in [2.45, 2.75) is 6.42 Å². The summed E-state index contributed by atoms with van der Waals surface area (Å²) in [7, 11) is 0. The molecule has 0 saturated carbocycles. The molecule has 0 aliphatic carbocycles. The molecule has 0 amide bonds. The average Bonchev–Trinajstić information content (AvgIpc) is 2.45. The zero-order valence-corrected chi connectivity index (χ0v) is 8.28. The lowest BCUT2D eigenvalue weighted by atomic mass is 10.2. The number of hydrogen-bond acceptors (Lipinski definition) is 3. The van der Waals surface area contributed by atoms with Gasteiger partial charge in [-0.25, -0.2) is 0 Å². The monoisotopic (exact) mass is 192 g/mol. The molecule has 1 heterocycles. The van der Waals surface area contributed by atoms with Gasteiger partial charge in [-0.3, -0.25) is 0 Å². The van der Waals surface area contributed by atoms with Gasteiger partial charge in [0, 0.05) is 31.1 Å². The van der Waals surface area contributed by atoms with E-state index in [1.54, 1.807) is 0 Å². The van der Waals surface area contributed by atoms with Crippen LogP contribution < -0.4 is 10.6 Å². The Bertz CT molecular complexity index is 293. The van der Waals surface area contributed by atoms with Crippen molar-refractivity contribution >= 4 is 11.4 Å². The summed E-state index contributed by atoms with van der Waals surface area (Å²) in [5.74, 6) is 0. The van der Waals surface area contributed by atoms with Gasteiger partial charge in [-0.1, -0.05) is 6.07 Å². The molecule has 1 aliphatic rings. The predicted molar refractivity (Wildman–Crippen MR) is 58.5 cm³/mol. The molecule has 2 rings (SSSR count). The van der Waals surface area contributed by atoms with Gasteiger partial charge in [-0.05, 0) is 24.6 Å². The molecule has 0 atom stereocenters. The molecule has 1 aromatic carbocycles. The van der Waals surface area contributed by atoms with E-state index < -0.39 is 0 Å². The van der Waals surface area contributed by atoms with Crippen molar-refractivity contribution in [1.82, 2.24) is 0 Å². The van der Waals surface area contributed by atoms with Crippen LogP contribution in [0.15, 0.2) is 24.3 Å². The molecule has 1 saturated heterocycles. The maximum atomic E-state index is 5.75. The first kappa shape index (κ1) is 9.34. The Morgan fingerprint density at radius 1 is 1.21 bits per heavy atom. The molecule has 1 aromatic rings. The molecule has 3 nitrogen and oxygen atoms in total. The number of ether oxygens (including phenoxy) is 1. The van der Waals surface area contributed by atoms with Crippen molar-refractivity contribution in [2.75, 3.05) is 36.9 Å². The SMILES string of the molecule is Nc1cccc(N2CCCOCC2)c1. The van der Waals surface area contributed by atoms with Crippen LogP contribution >= 0.6 is 0 Å². The molecule has 3 heteroatoms. The van der Waals surface area contributed by atoms with E-state index in [0.717, 1.165) is 38.4 Å². The van der Waals surface area contributed by atoms with Crippen LogP contribution in [0, 0.1) is 0 Å². The van der Waals surface area contributed by atoms with Crippen molar-refractivity contribution in [3.8, 4) is 0 Å². The van der Waals surface area contributed by atoms with Crippen LogP contribution in [-0.2, 0) is 4.74 Å². The second kappa shape index (κ2) is 4.33. The van der Waals surface area contributed by atoms with Crippen LogP contribution in [-0.4, -0.2) is 26.3 Å². The van der Waals surface area contributed by atoms with Crippen molar-refractivity contribution in [2.24, 2.45) is 0 Å². The quantitative estimate of drug-likeness (QED) is 0.685. The van der Waals surface area contributed by atoms with Gasteiger partial charge in [-0.15, -0.1) is 0 Å². The highest BCUT2D eigenvalue weighted by molar-refractivity contribution is 5.55. The maximum absolute atomic E-state index is 5.75. The maximum Gasteiger partial charge on any atom is 0.0641 e. The number of hydrogen-bond donors (Lipinski definition) is 1. The molecule has 1 aliphatic heterocycles. The van der Waals surface area contributed by atoms with E-state index in [4.69, 9.17) is 10.5 Å². The lowest BCUT2D eigenvalue weighted by molar-refractivity contribution is 0.152. The summed E-state index contributed by atoms with van der Waals surface area (Å²) in [5.41, 5.74) is 7.78. The van der Waals surface area contributed by atoms with Crippen molar-refractivity contribution in [3.05, 3.63) is 24.3 Å². The zero-order valence-electron chi connectivity index (χ0n) is 8.28. The van der Waals surface area contributed by atoms with Crippen molar-refractivity contribution in [3.63, 3.8) is 0 Å². The van der Waals surface area contributed by atoms with Gasteiger partial charge in [0.1, 0.15) is 0 Å². The lowest BCUT2D eigenvalue weighted by Gasteiger charge is -2.22. The summed E-state index contributed by atoms with van der Waals surface area (Å²) >= 11 is 0. The molecular formula is C11H16N2O. The average molecular weight is 192 g/mol. The normalized spacial score (nSPS) is 17.9. The predicted octanol–water partition coefficient (Wildman–Crippen LogP) is 1.50.